The van der Waals surface area contributed by atoms with Gasteiger partial charge < -0.3 is 0 Å². The molecule has 0 saturated carbocycles. The number of hydrogen-bond acceptors (Lipinski definition) is 3. The van der Waals surface area contributed by atoms with Crippen LogP contribution in [0.5, 0.6) is 0 Å². The molecule has 2 atom stereocenters. The maximum atomic E-state index is 13.6. The largest absolute Gasteiger partial charge is 0.237 e. The van der Waals surface area contributed by atoms with Crippen molar-refractivity contribution in [3.8, 4) is 11.1 Å². The van der Waals surface area contributed by atoms with Crippen molar-refractivity contribution in [1.29, 1.82) is 0 Å². The summed E-state index contributed by atoms with van der Waals surface area (Å²) in [6.45, 7) is 2.05. The molecule has 0 aliphatic carbocycles. The number of hydrogen-bond donors (Lipinski definition) is 1. The Balaban J connectivity index is 1.57. The zero-order valence-corrected chi connectivity index (χ0v) is 22.2. The Bertz CT molecular complexity index is 1250. The fourth-order valence-electron chi connectivity index (χ4n) is 4.42. The SMILES string of the molecule is Cc1ccc([S@](=O)N[C@H](c2ccc(-c3ccccc3)cc2)C2(c3ccccc3)SCCCS2)cc1. The fraction of sp³-hybridized carbons (Fsp3) is 0.200. The van der Waals surface area contributed by atoms with Gasteiger partial charge in [-0.05, 0) is 59.2 Å². The van der Waals surface area contributed by atoms with Crippen molar-refractivity contribution in [2.45, 2.75) is 28.4 Å². The Morgan fingerprint density at radius 2 is 1.31 bits per heavy atom. The van der Waals surface area contributed by atoms with Gasteiger partial charge in [-0.2, -0.15) is 0 Å². The molecule has 0 radical (unpaired) electrons. The van der Waals surface area contributed by atoms with E-state index >= 15 is 0 Å². The molecule has 5 heteroatoms. The van der Waals surface area contributed by atoms with Crippen LogP contribution < -0.4 is 4.72 Å². The first-order valence-electron chi connectivity index (χ1n) is 11.9. The van der Waals surface area contributed by atoms with E-state index in [9.17, 15) is 4.21 Å². The first-order valence-corrected chi connectivity index (χ1v) is 15.0. The van der Waals surface area contributed by atoms with Crippen LogP contribution in [0.25, 0.3) is 11.1 Å². The zero-order valence-electron chi connectivity index (χ0n) is 19.7. The number of benzene rings is 4. The number of nitrogens with one attached hydrogen (secondary N) is 1. The van der Waals surface area contributed by atoms with Gasteiger partial charge in [0.05, 0.1) is 10.9 Å². The molecule has 0 amide bonds. The Morgan fingerprint density at radius 3 is 1.94 bits per heavy atom. The molecule has 1 aliphatic heterocycles. The lowest BCUT2D eigenvalue weighted by molar-refractivity contribution is 0.589. The second-order valence-electron chi connectivity index (χ2n) is 8.70. The third-order valence-electron chi connectivity index (χ3n) is 6.29. The topological polar surface area (TPSA) is 29.1 Å². The molecule has 178 valence electrons. The molecule has 0 bridgehead atoms. The summed E-state index contributed by atoms with van der Waals surface area (Å²) in [5.74, 6) is 2.17. The summed E-state index contributed by atoms with van der Waals surface area (Å²) in [7, 11) is -1.34. The van der Waals surface area contributed by atoms with Gasteiger partial charge in [0.15, 0.2) is 0 Å². The first-order chi connectivity index (χ1) is 17.2. The van der Waals surface area contributed by atoms with Gasteiger partial charge in [0.1, 0.15) is 15.1 Å². The van der Waals surface area contributed by atoms with Crippen molar-refractivity contribution < 1.29 is 4.21 Å². The normalized spacial score (nSPS) is 16.9. The standard InChI is InChI=1S/C30H29NOS3/c1-23-13-19-28(20-14-23)35(32)31-29(26-17-15-25(16-18-26)24-9-4-2-5-10-24)30(33-21-8-22-34-30)27-11-6-3-7-12-27/h2-7,9-20,29,31H,8,21-22H2,1H3/t29-,35+/m1/s1. The Labute approximate surface area is 219 Å². The van der Waals surface area contributed by atoms with Crippen LogP contribution in [0.15, 0.2) is 114 Å². The van der Waals surface area contributed by atoms with Crippen LogP contribution in [0.4, 0.5) is 0 Å². The molecule has 1 fully saturated rings. The molecule has 2 nitrogen and oxygen atoms in total. The van der Waals surface area contributed by atoms with Gasteiger partial charge in [-0.15, -0.1) is 23.5 Å². The van der Waals surface area contributed by atoms with Gasteiger partial charge in [0.2, 0.25) is 0 Å². The average Bonchev–Trinajstić information content (AvgIpc) is 2.93. The smallest absolute Gasteiger partial charge is 0.125 e. The molecular formula is C30H29NOS3. The molecule has 0 unspecified atom stereocenters. The first kappa shape index (κ1) is 24.4. The quantitative estimate of drug-likeness (QED) is 0.273. The molecular weight excluding hydrogens is 487 g/mol. The molecule has 4 aromatic rings. The minimum absolute atomic E-state index is 0.132. The van der Waals surface area contributed by atoms with E-state index < -0.39 is 11.0 Å². The van der Waals surface area contributed by atoms with Gasteiger partial charge in [-0.1, -0.05) is 103 Å². The van der Waals surface area contributed by atoms with Gasteiger partial charge in [-0.3, -0.25) is 0 Å². The third kappa shape index (κ3) is 5.44. The summed E-state index contributed by atoms with van der Waals surface area (Å²) in [6, 6.07) is 37.8. The molecule has 4 aromatic carbocycles. The van der Waals surface area contributed by atoms with Crippen molar-refractivity contribution in [1.82, 2.24) is 4.72 Å². The van der Waals surface area contributed by atoms with Gasteiger partial charge >= 0.3 is 0 Å². The van der Waals surface area contributed by atoms with Gasteiger partial charge in [0.25, 0.3) is 0 Å². The lowest BCUT2D eigenvalue weighted by atomic mass is 9.96. The molecule has 0 aromatic heterocycles. The van der Waals surface area contributed by atoms with Crippen LogP contribution in [0.2, 0.25) is 0 Å². The number of aryl methyl sites for hydroxylation is 1. The van der Waals surface area contributed by atoms with Gasteiger partial charge in [0, 0.05) is 0 Å². The van der Waals surface area contributed by atoms with E-state index in [0.29, 0.717) is 0 Å². The van der Waals surface area contributed by atoms with Crippen LogP contribution in [-0.2, 0) is 15.1 Å². The molecule has 1 heterocycles. The molecule has 1 aliphatic rings. The lowest BCUT2D eigenvalue weighted by Crippen LogP contribution is -2.40. The Kier molecular flexibility index (Phi) is 7.78. The van der Waals surface area contributed by atoms with Crippen LogP contribution in [0.3, 0.4) is 0 Å². The van der Waals surface area contributed by atoms with Crippen LogP contribution >= 0.6 is 23.5 Å². The highest BCUT2D eigenvalue weighted by Crippen LogP contribution is 2.57. The highest BCUT2D eigenvalue weighted by molar-refractivity contribution is 8.18. The van der Waals surface area contributed by atoms with E-state index in [2.05, 4.69) is 90.5 Å². The highest BCUT2D eigenvalue weighted by Gasteiger charge is 2.44. The lowest BCUT2D eigenvalue weighted by Gasteiger charge is -2.43. The summed E-state index contributed by atoms with van der Waals surface area (Å²) >= 11 is 3.95. The molecule has 35 heavy (non-hydrogen) atoms. The van der Waals surface area contributed by atoms with Crippen molar-refractivity contribution >= 4 is 34.5 Å². The van der Waals surface area contributed by atoms with E-state index in [1.807, 2.05) is 53.9 Å². The Hall–Kier alpha value is -2.31. The maximum absolute atomic E-state index is 13.6. The van der Waals surface area contributed by atoms with E-state index in [-0.39, 0.29) is 10.1 Å². The summed E-state index contributed by atoms with van der Waals surface area (Å²) < 4.78 is 16.9. The Morgan fingerprint density at radius 1 is 0.743 bits per heavy atom. The summed E-state index contributed by atoms with van der Waals surface area (Å²) in [5.41, 5.74) is 5.96. The minimum atomic E-state index is -1.34. The fourth-order valence-corrected chi connectivity index (χ4v) is 9.14. The average molecular weight is 516 g/mol. The summed E-state index contributed by atoms with van der Waals surface area (Å²) in [5, 5.41) is 0. The molecule has 0 spiro atoms. The molecule has 5 rings (SSSR count). The third-order valence-corrected chi connectivity index (χ3v) is 10.9. The number of thioether (sulfide) groups is 2. The van der Waals surface area contributed by atoms with Crippen molar-refractivity contribution in [2.24, 2.45) is 0 Å². The monoisotopic (exact) mass is 515 g/mol. The van der Waals surface area contributed by atoms with Crippen LogP contribution in [-0.4, -0.2) is 15.7 Å². The van der Waals surface area contributed by atoms with E-state index in [0.717, 1.165) is 27.5 Å². The maximum Gasteiger partial charge on any atom is 0.125 e. The summed E-state index contributed by atoms with van der Waals surface area (Å²) in [4.78, 5) is 0.801. The van der Waals surface area contributed by atoms with E-state index in [1.54, 1.807) is 0 Å². The predicted molar refractivity (Wildman–Crippen MR) is 153 cm³/mol. The van der Waals surface area contributed by atoms with E-state index in [4.69, 9.17) is 0 Å². The van der Waals surface area contributed by atoms with Gasteiger partial charge in [-0.25, -0.2) is 8.93 Å². The van der Waals surface area contributed by atoms with Crippen LogP contribution in [0, 0.1) is 6.92 Å². The predicted octanol–water partition coefficient (Wildman–Crippen LogP) is 7.74. The zero-order chi connectivity index (χ0) is 24.1. The molecule has 1 saturated heterocycles. The van der Waals surface area contributed by atoms with Crippen molar-refractivity contribution in [3.63, 3.8) is 0 Å². The minimum Gasteiger partial charge on any atom is -0.237 e. The number of rotatable bonds is 7. The van der Waals surface area contributed by atoms with Crippen molar-refractivity contribution in [2.75, 3.05) is 11.5 Å². The van der Waals surface area contributed by atoms with E-state index in [1.165, 1.54) is 23.1 Å². The molecule has 1 N–H and O–H groups in total. The highest BCUT2D eigenvalue weighted by atomic mass is 32.2. The summed E-state index contributed by atoms with van der Waals surface area (Å²) in [6.07, 6.45) is 1.19. The van der Waals surface area contributed by atoms with Crippen molar-refractivity contribution in [3.05, 3.63) is 126 Å². The second-order valence-corrected chi connectivity index (χ2v) is 12.9. The second kappa shape index (κ2) is 11.2. The van der Waals surface area contributed by atoms with Crippen LogP contribution in [0.1, 0.15) is 29.2 Å².